The molecule has 0 unspecified atom stereocenters. The van der Waals surface area contributed by atoms with Gasteiger partial charge < -0.3 is 19.5 Å². The van der Waals surface area contributed by atoms with Gasteiger partial charge in [-0.25, -0.2) is 4.99 Å². The number of halogens is 3. The van der Waals surface area contributed by atoms with E-state index in [9.17, 15) is 0 Å². The quantitative estimate of drug-likeness (QED) is 0.219. The minimum Gasteiger partial charge on any atom is -0.382 e. The minimum absolute atomic E-state index is 0. The van der Waals surface area contributed by atoms with E-state index >= 15 is 0 Å². The summed E-state index contributed by atoms with van der Waals surface area (Å²) in [5, 5.41) is 12.8. The molecule has 2 rings (SSSR count). The summed E-state index contributed by atoms with van der Waals surface area (Å²) in [6, 6.07) is 5.64. The second kappa shape index (κ2) is 13.3. The summed E-state index contributed by atoms with van der Waals surface area (Å²) in [5.74, 6) is 2.46. The Labute approximate surface area is 199 Å². The van der Waals surface area contributed by atoms with E-state index in [0.717, 1.165) is 49.4 Å². The summed E-state index contributed by atoms with van der Waals surface area (Å²) >= 11 is 12.2. The lowest BCUT2D eigenvalue weighted by molar-refractivity contribution is 0.145. The van der Waals surface area contributed by atoms with E-state index in [4.69, 9.17) is 32.9 Å². The van der Waals surface area contributed by atoms with Crippen molar-refractivity contribution in [2.75, 3.05) is 26.8 Å². The SMILES string of the molecule is CCOCCCNC(=NCc1nnc(C)n1C)N(C)Cc1ccc(Cl)c(Cl)c1.I. The van der Waals surface area contributed by atoms with E-state index in [0.29, 0.717) is 23.1 Å². The van der Waals surface area contributed by atoms with E-state index in [2.05, 4.69) is 15.5 Å². The summed E-state index contributed by atoms with van der Waals surface area (Å²) in [7, 11) is 3.92. The second-order valence-corrected chi connectivity index (χ2v) is 7.26. The van der Waals surface area contributed by atoms with Gasteiger partial charge in [0.1, 0.15) is 12.4 Å². The van der Waals surface area contributed by atoms with Crippen molar-refractivity contribution in [2.24, 2.45) is 12.0 Å². The Morgan fingerprint density at radius 2 is 2.03 bits per heavy atom. The van der Waals surface area contributed by atoms with Gasteiger partial charge in [0.25, 0.3) is 0 Å². The van der Waals surface area contributed by atoms with Crippen LogP contribution in [0.2, 0.25) is 10.0 Å². The molecule has 1 heterocycles. The van der Waals surface area contributed by atoms with E-state index in [-0.39, 0.29) is 24.0 Å². The van der Waals surface area contributed by atoms with Crippen molar-refractivity contribution in [3.63, 3.8) is 0 Å². The molecule has 1 N–H and O–H groups in total. The average molecular weight is 555 g/mol. The summed E-state index contributed by atoms with van der Waals surface area (Å²) in [6.07, 6.45) is 0.899. The number of hydrogen-bond donors (Lipinski definition) is 1. The van der Waals surface area contributed by atoms with Crippen molar-refractivity contribution in [3.8, 4) is 0 Å². The monoisotopic (exact) mass is 554 g/mol. The molecule has 0 radical (unpaired) electrons. The Morgan fingerprint density at radius 1 is 1.28 bits per heavy atom. The maximum atomic E-state index is 6.14. The molecule has 162 valence electrons. The van der Waals surface area contributed by atoms with E-state index < -0.39 is 0 Å². The number of benzene rings is 1. The zero-order valence-electron chi connectivity index (χ0n) is 17.3. The highest BCUT2D eigenvalue weighted by Gasteiger charge is 2.10. The van der Waals surface area contributed by atoms with E-state index in [1.54, 1.807) is 0 Å². The smallest absolute Gasteiger partial charge is 0.194 e. The number of aliphatic imine (C=N–C) groups is 1. The van der Waals surface area contributed by atoms with Crippen LogP contribution in [0.25, 0.3) is 0 Å². The van der Waals surface area contributed by atoms with Crippen LogP contribution in [0.1, 0.15) is 30.6 Å². The van der Waals surface area contributed by atoms with Gasteiger partial charge in [0.2, 0.25) is 0 Å². The molecule has 0 amide bonds. The minimum atomic E-state index is 0. The standard InChI is InChI=1S/C19H28Cl2N6O.HI/c1-5-28-10-6-9-22-19(23-12-18-25-24-14(2)27(18)4)26(3)13-15-7-8-16(20)17(21)11-15;/h7-8,11H,5-6,9-10,12-13H2,1-4H3,(H,22,23);1H. The lowest BCUT2D eigenvalue weighted by atomic mass is 10.2. The molecule has 10 heteroatoms. The average Bonchev–Trinajstić information content (AvgIpc) is 2.99. The molecule has 1 aromatic carbocycles. The molecule has 0 saturated carbocycles. The highest BCUT2D eigenvalue weighted by atomic mass is 127. The number of aryl methyl sites for hydroxylation is 1. The summed E-state index contributed by atoms with van der Waals surface area (Å²) in [6.45, 7) is 7.21. The van der Waals surface area contributed by atoms with Gasteiger partial charge in [0.15, 0.2) is 11.8 Å². The van der Waals surface area contributed by atoms with Gasteiger partial charge in [0.05, 0.1) is 10.0 Å². The van der Waals surface area contributed by atoms with E-state index in [1.165, 1.54) is 0 Å². The predicted octanol–water partition coefficient (Wildman–Crippen LogP) is 4.05. The Balaban J connectivity index is 0.00000420. The second-order valence-electron chi connectivity index (χ2n) is 6.44. The van der Waals surface area contributed by atoms with Crippen LogP contribution >= 0.6 is 47.2 Å². The number of aromatic nitrogens is 3. The summed E-state index contributed by atoms with van der Waals surface area (Å²) in [5.41, 5.74) is 1.05. The van der Waals surface area contributed by atoms with E-state index in [1.807, 2.05) is 55.6 Å². The molecular formula is C19H29Cl2IN6O. The number of nitrogens with zero attached hydrogens (tertiary/aromatic N) is 5. The van der Waals surface area contributed by atoms with Crippen LogP contribution in [0.3, 0.4) is 0 Å². The maximum Gasteiger partial charge on any atom is 0.194 e. The van der Waals surface area contributed by atoms with Crippen LogP contribution in [0.5, 0.6) is 0 Å². The van der Waals surface area contributed by atoms with Gasteiger partial charge in [-0.05, 0) is 38.0 Å². The van der Waals surface area contributed by atoms with Crippen LogP contribution in [0.4, 0.5) is 0 Å². The molecule has 29 heavy (non-hydrogen) atoms. The molecular weight excluding hydrogens is 526 g/mol. The van der Waals surface area contributed by atoms with Gasteiger partial charge >= 0.3 is 0 Å². The first kappa shape index (κ1) is 25.9. The number of rotatable bonds is 9. The summed E-state index contributed by atoms with van der Waals surface area (Å²) < 4.78 is 7.34. The molecule has 0 spiro atoms. The highest BCUT2D eigenvalue weighted by molar-refractivity contribution is 14.0. The summed E-state index contributed by atoms with van der Waals surface area (Å²) in [4.78, 5) is 6.78. The molecule has 0 aliphatic rings. The number of hydrogen-bond acceptors (Lipinski definition) is 4. The van der Waals surface area contributed by atoms with Crippen molar-refractivity contribution >= 4 is 53.1 Å². The van der Waals surface area contributed by atoms with Crippen molar-refractivity contribution in [1.29, 1.82) is 0 Å². The Kier molecular flexibility index (Phi) is 11.9. The van der Waals surface area contributed by atoms with Gasteiger partial charge in [0, 0.05) is 40.4 Å². The van der Waals surface area contributed by atoms with Crippen molar-refractivity contribution < 1.29 is 4.74 Å². The maximum absolute atomic E-state index is 6.14. The van der Waals surface area contributed by atoms with Crippen LogP contribution < -0.4 is 5.32 Å². The van der Waals surface area contributed by atoms with Crippen LogP contribution in [0.15, 0.2) is 23.2 Å². The van der Waals surface area contributed by atoms with Gasteiger partial charge in [-0.1, -0.05) is 29.3 Å². The molecule has 2 aromatic rings. The first-order valence-electron chi connectivity index (χ1n) is 9.28. The fourth-order valence-electron chi connectivity index (χ4n) is 2.55. The third-order valence-electron chi connectivity index (χ3n) is 4.27. The first-order valence-corrected chi connectivity index (χ1v) is 10.0. The third-order valence-corrected chi connectivity index (χ3v) is 5.01. The lowest BCUT2D eigenvalue weighted by Crippen LogP contribution is -2.39. The van der Waals surface area contributed by atoms with Crippen molar-refractivity contribution in [1.82, 2.24) is 25.0 Å². The van der Waals surface area contributed by atoms with Crippen LogP contribution in [0, 0.1) is 6.92 Å². The van der Waals surface area contributed by atoms with Gasteiger partial charge in [-0.2, -0.15) is 0 Å². The van der Waals surface area contributed by atoms with Crippen LogP contribution in [-0.2, 0) is 24.9 Å². The van der Waals surface area contributed by atoms with Gasteiger partial charge in [-0.15, -0.1) is 34.2 Å². The highest BCUT2D eigenvalue weighted by Crippen LogP contribution is 2.23. The Morgan fingerprint density at radius 3 is 2.66 bits per heavy atom. The molecule has 0 aliphatic heterocycles. The molecule has 0 atom stereocenters. The third kappa shape index (κ3) is 8.27. The fraction of sp³-hybridized carbons (Fsp3) is 0.526. The lowest BCUT2D eigenvalue weighted by Gasteiger charge is -2.23. The molecule has 0 saturated heterocycles. The van der Waals surface area contributed by atoms with Crippen molar-refractivity contribution in [3.05, 3.63) is 45.5 Å². The molecule has 0 aliphatic carbocycles. The molecule has 0 fully saturated rings. The van der Waals surface area contributed by atoms with Crippen molar-refractivity contribution in [2.45, 2.75) is 33.4 Å². The fourth-order valence-corrected chi connectivity index (χ4v) is 2.87. The zero-order chi connectivity index (χ0) is 20.5. The topological polar surface area (TPSA) is 67.6 Å². The number of nitrogens with one attached hydrogen (secondary N) is 1. The Bertz CT molecular complexity index is 799. The number of guanidine groups is 1. The number of ether oxygens (including phenoxy) is 1. The normalized spacial score (nSPS) is 11.3. The molecule has 0 bridgehead atoms. The largest absolute Gasteiger partial charge is 0.382 e. The zero-order valence-corrected chi connectivity index (χ0v) is 21.1. The van der Waals surface area contributed by atoms with Gasteiger partial charge in [-0.3, -0.25) is 0 Å². The molecule has 1 aromatic heterocycles. The predicted molar refractivity (Wildman–Crippen MR) is 129 cm³/mol. The van der Waals surface area contributed by atoms with Crippen LogP contribution in [-0.4, -0.2) is 52.4 Å². The Hall–Kier alpha value is -1.10. The first-order chi connectivity index (χ1) is 13.4. The molecule has 7 nitrogen and oxygen atoms in total.